The number of aromatic amines is 1. The van der Waals surface area contributed by atoms with Crippen LogP contribution in [0.3, 0.4) is 0 Å². The Balaban J connectivity index is 0.00000144. The monoisotopic (exact) mass is 517 g/mol. The smallest absolute Gasteiger partial charge is 0.227 e. The van der Waals surface area contributed by atoms with E-state index in [-0.39, 0.29) is 24.8 Å². The average Bonchev–Trinajstić information content (AvgIpc) is 3.58. The number of benzene rings is 1. The fraction of sp³-hybridized carbons (Fsp3) is 0.500. The second kappa shape index (κ2) is 10.6. The minimum atomic E-state index is 0. The summed E-state index contributed by atoms with van der Waals surface area (Å²) in [6, 6.07) is 9.15. The second-order valence-electron chi connectivity index (χ2n) is 9.53. The lowest BCUT2D eigenvalue weighted by Crippen LogP contribution is -2.33. The number of nitrogens with one attached hydrogen (secondary N) is 2. The van der Waals surface area contributed by atoms with Crippen molar-refractivity contribution < 1.29 is 0 Å². The van der Waals surface area contributed by atoms with Crippen molar-refractivity contribution in [2.45, 2.75) is 69.5 Å². The number of hydrogen-bond donors (Lipinski definition) is 3. The molecule has 6 rings (SSSR count). The van der Waals surface area contributed by atoms with Gasteiger partial charge in [-0.25, -0.2) is 9.97 Å². The molecule has 0 atom stereocenters. The number of nitrogens with two attached hydrogens (primary N) is 1. The number of aromatic nitrogens is 6. The number of nitrogens with zero attached hydrogens (tertiary/aromatic N) is 6. The van der Waals surface area contributed by atoms with E-state index in [0.717, 1.165) is 59.6 Å². The Morgan fingerprint density at radius 3 is 2.49 bits per heavy atom. The first-order chi connectivity index (χ1) is 16.2. The number of imidazole rings is 2. The second-order valence-corrected chi connectivity index (χ2v) is 9.53. The lowest BCUT2D eigenvalue weighted by Gasteiger charge is -2.27. The molecule has 3 aromatic heterocycles. The van der Waals surface area contributed by atoms with Gasteiger partial charge in [-0.05, 0) is 50.7 Å². The van der Waals surface area contributed by atoms with Crippen LogP contribution in [0, 0.1) is 0 Å². The molecule has 0 unspecified atom stereocenters. The molecule has 2 fully saturated rings. The summed E-state index contributed by atoms with van der Waals surface area (Å²) in [4.78, 5) is 24.8. The molecule has 188 valence electrons. The van der Waals surface area contributed by atoms with Crippen LogP contribution in [0.5, 0.6) is 0 Å². The van der Waals surface area contributed by atoms with Crippen LogP contribution in [0.25, 0.3) is 22.2 Å². The van der Waals surface area contributed by atoms with Gasteiger partial charge in [0.05, 0.1) is 17.4 Å². The predicted molar refractivity (Wildman–Crippen MR) is 145 cm³/mol. The largest absolute Gasteiger partial charge is 0.351 e. The zero-order valence-electron chi connectivity index (χ0n) is 19.9. The average molecular weight is 518 g/mol. The van der Waals surface area contributed by atoms with Gasteiger partial charge in [0.25, 0.3) is 0 Å². The highest BCUT2D eigenvalue weighted by Crippen LogP contribution is 2.35. The van der Waals surface area contributed by atoms with Gasteiger partial charge in [0, 0.05) is 25.2 Å². The molecule has 4 aromatic rings. The number of anilines is 3. The zero-order chi connectivity index (χ0) is 22.4. The molecule has 0 saturated heterocycles. The maximum Gasteiger partial charge on any atom is 0.227 e. The van der Waals surface area contributed by atoms with Crippen molar-refractivity contribution in [1.82, 2.24) is 29.5 Å². The Kier molecular flexibility index (Phi) is 7.68. The summed E-state index contributed by atoms with van der Waals surface area (Å²) in [6.45, 7) is 0. The van der Waals surface area contributed by atoms with Gasteiger partial charge in [-0.1, -0.05) is 25.0 Å². The van der Waals surface area contributed by atoms with Crippen LogP contribution in [0.2, 0.25) is 0 Å². The Labute approximate surface area is 217 Å². The highest BCUT2D eigenvalue weighted by atomic mass is 35.5. The van der Waals surface area contributed by atoms with E-state index in [1.165, 1.54) is 25.7 Å². The molecule has 0 aliphatic heterocycles. The molecule has 0 radical (unpaired) electrons. The first-order valence-electron chi connectivity index (χ1n) is 12.1. The van der Waals surface area contributed by atoms with Crippen molar-refractivity contribution in [2.24, 2.45) is 5.73 Å². The first-order valence-corrected chi connectivity index (χ1v) is 12.1. The molecule has 2 aliphatic carbocycles. The van der Waals surface area contributed by atoms with Gasteiger partial charge >= 0.3 is 0 Å². The van der Waals surface area contributed by atoms with Crippen molar-refractivity contribution in [1.29, 1.82) is 0 Å². The van der Waals surface area contributed by atoms with E-state index in [9.17, 15) is 0 Å². The Bertz CT molecular complexity index is 1240. The third-order valence-corrected chi connectivity index (χ3v) is 7.24. The molecule has 0 bridgehead atoms. The molecule has 3 heterocycles. The Morgan fingerprint density at radius 1 is 1.00 bits per heavy atom. The van der Waals surface area contributed by atoms with Gasteiger partial charge < -0.3 is 20.6 Å². The van der Waals surface area contributed by atoms with Crippen LogP contribution in [0.4, 0.5) is 17.7 Å². The van der Waals surface area contributed by atoms with Gasteiger partial charge in [-0.2, -0.15) is 9.97 Å². The molecule has 2 saturated carbocycles. The third-order valence-electron chi connectivity index (χ3n) is 7.24. The molecule has 9 nitrogen and oxygen atoms in total. The SMILES string of the molecule is CN(c1nc2ccccc2[nH]1)c1nc(N[C@H]2CC[C@H](N)CC2)nc2c1ncn2C1CCCC1.Cl.Cl. The molecule has 11 heteroatoms. The van der Waals surface area contributed by atoms with E-state index in [1.54, 1.807) is 0 Å². The maximum absolute atomic E-state index is 6.11. The molecule has 1 aromatic carbocycles. The predicted octanol–water partition coefficient (Wildman–Crippen LogP) is 5.11. The van der Waals surface area contributed by atoms with Gasteiger partial charge in [0.15, 0.2) is 17.0 Å². The summed E-state index contributed by atoms with van der Waals surface area (Å²) in [5, 5.41) is 3.60. The van der Waals surface area contributed by atoms with Crippen LogP contribution >= 0.6 is 24.8 Å². The summed E-state index contributed by atoms with van der Waals surface area (Å²) < 4.78 is 2.25. The van der Waals surface area contributed by atoms with Crippen LogP contribution < -0.4 is 16.0 Å². The van der Waals surface area contributed by atoms with Crippen molar-refractivity contribution >= 4 is 64.7 Å². The van der Waals surface area contributed by atoms with E-state index >= 15 is 0 Å². The third kappa shape index (κ3) is 4.90. The van der Waals surface area contributed by atoms with E-state index in [1.807, 2.05) is 42.5 Å². The topological polar surface area (TPSA) is 114 Å². The number of hydrogen-bond acceptors (Lipinski definition) is 7. The summed E-state index contributed by atoms with van der Waals surface area (Å²) >= 11 is 0. The Morgan fingerprint density at radius 2 is 1.74 bits per heavy atom. The normalized spacial score (nSPS) is 20.5. The van der Waals surface area contributed by atoms with Gasteiger partial charge in [-0.15, -0.1) is 24.8 Å². The van der Waals surface area contributed by atoms with Crippen molar-refractivity contribution in [3.05, 3.63) is 30.6 Å². The molecule has 35 heavy (non-hydrogen) atoms. The number of rotatable bonds is 5. The molecule has 0 spiro atoms. The molecular formula is C24H33Cl2N9. The van der Waals surface area contributed by atoms with Crippen LogP contribution in [-0.4, -0.2) is 48.6 Å². The fourth-order valence-electron chi connectivity index (χ4n) is 5.29. The summed E-state index contributed by atoms with van der Waals surface area (Å²) in [6.07, 6.45) is 11.0. The van der Waals surface area contributed by atoms with E-state index in [2.05, 4.69) is 14.9 Å². The van der Waals surface area contributed by atoms with Crippen molar-refractivity contribution in [3.63, 3.8) is 0 Å². The minimum absolute atomic E-state index is 0. The minimum Gasteiger partial charge on any atom is -0.351 e. The number of fused-ring (bicyclic) bond motifs is 2. The summed E-state index contributed by atoms with van der Waals surface area (Å²) in [7, 11) is 1.98. The van der Waals surface area contributed by atoms with Crippen LogP contribution in [0.15, 0.2) is 30.6 Å². The van der Waals surface area contributed by atoms with Crippen LogP contribution in [-0.2, 0) is 0 Å². The van der Waals surface area contributed by atoms with Gasteiger partial charge in [0.2, 0.25) is 11.9 Å². The van der Waals surface area contributed by atoms with Crippen molar-refractivity contribution in [2.75, 3.05) is 17.3 Å². The fourth-order valence-corrected chi connectivity index (χ4v) is 5.29. The van der Waals surface area contributed by atoms with Crippen LogP contribution in [0.1, 0.15) is 57.4 Å². The number of halogens is 2. The van der Waals surface area contributed by atoms with E-state index in [0.29, 0.717) is 24.1 Å². The summed E-state index contributed by atoms with van der Waals surface area (Å²) in [5.74, 6) is 2.15. The van der Waals surface area contributed by atoms with Gasteiger partial charge in [0.1, 0.15) is 0 Å². The molecule has 0 amide bonds. The zero-order valence-corrected chi connectivity index (χ0v) is 21.5. The van der Waals surface area contributed by atoms with E-state index < -0.39 is 0 Å². The Hall–Kier alpha value is -2.62. The summed E-state index contributed by atoms with van der Waals surface area (Å²) in [5.41, 5.74) is 9.74. The standard InChI is InChI=1S/C24H31N9.2ClH/c1-32(24-28-18-8-4-5-9-19(18)29-24)21-20-22(33(14-26-20)17-6-2-3-7-17)31-23(30-21)27-16-12-10-15(25)11-13-16;;/h4-5,8-9,14-17H,2-3,6-7,10-13,25H2,1H3,(H,28,29)(H,27,30,31);2*1H/t15-,16-;;. The molecule has 2 aliphatic rings. The molecule has 4 N–H and O–H groups in total. The maximum atomic E-state index is 6.11. The lowest BCUT2D eigenvalue weighted by molar-refractivity contribution is 0.410. The highest BCUT2D eigenvalue weighted by molar-refractivity contribution is 5.88. The van der Waals surface area contributed by atoms with Crippen molar-refractivity contribution in [3.8, 4) is 0 Å². The first kappa shape index (κ1) is 25.5. The number of H-pyrrole nitrogens is 1. The lowest BCUT2D eigenvalue weighted by atomic mass is 9.92. The quantitative estimate of drug-likeness (QED) is 0.336. The van der Waals surface area contributed by atoms with Gasteiger partial charge in [-0.3, -0.25) is 4.90 Å². The highest BCUT2D eigenvalue weighted by Gasteiger charge is 2.25. The van der Waals surface area contributed by atoms with E-state index in [4.69, 9.17) is 25.7 Å². The number of para-hydroxylation sites is 2. The molecular weight excluding hydrogens is 485 g/mol.